The number of thioether (sulfide) groups is 1. The average Bonchev–Trinajstić information content (AvgIpc) is 2.97. The lowest BCUT2D eigenvalue weighted by atomic mass is 10.2. The predicted molar refractivity (Wildman–Crippen MR) is 99.1 cm³/mol. The molecule has 0 aliphatic carbocycles. The molecule has 1 aromatic heterocycles. The molecule has 4 nitrogen and oxygen atoms in total. The lowest BCUT2D eigenvalue weighted by Crippen LogP contribution is -2.30. The second-order valence-electron chi connectivity index (χ2n) is 5.12. The van der Waals surface area contributed by atoms with E-state index in [9.17, 15) is 9.59 Å². The highest BCUT2D eigenvalue weighted by molar-refractivity contribution is 8.00. The topological polar surface area (TPSA) is 57.6 Å². The molecule has 0 fully saturated rings. The van der Waals surface area contributed by atoms with E-state index in [2.05, 4.69) is 0 Å². The molecule has 2 aromatic rings. The van der Waals surface area contributed by atoms with Crippen molar-refractivity contribution in [2.24, 2.45) is 0 Å². The fraction of sp³-hybridized carbons (Fsp3) is 0.294. The Balaban J connectivity index is 2.22. The molecule has 2 rings (SSSR count). The molecule has 0 aliphatic rings. The number of hydrogen-bond donors (Lipinski definition) is 1. The molecule has 1 aromatic carbocycles. The van der Waals surface area contributed by atoms with Crippen molar-refractivity contribution in [1.29, 1.82) is 0 Å². The van der Waals surface area contributed by atoms with Crippen LogP contribution < -0.4 is 0 Å². The molecule has 128 valence electrons. The number of carboxylic acid groups (broad SMARTS) is 1. The van der Waals surface area contributed by atoms with Crippen LogP contribution >= 0.6 is 34.7 Å². The molecule has 1 unspecified atom stereocenters. The third kappa shape index (κ3) is 4.75. The molecule has 0 spiro atoms. The van der Waals surface area contributed by atoms with Crippen molar-refractivity contribution < 1.29 is 14.7 Å². The number of amides is 1. The van der Waals surface area contributed by atoms with Crippen LogP contribution in [0.5, 0.6) is 0 Å². The zero-order valence-electron chi connectivity index (χ0n) is 13.4. The SMILES string of the molecule is CCN(Cc1ccc(Cl)s1)C(=O)c1ccccc1SC(C)C(=O)O. The summed E-state index contributed by atoms with van der Waals surface area (Å²) < 4.78 is 0.694. The fourth-order valence-electron chi connectivity index (χ4n) is 2.11. The fourth-order valence-corrected chi connectivity index (χ4v) is 4.13. The first kappa shape index (κ1) is 18.8. The van der Waals surface area contributed by atoms with Gasteiger partial charge in [0.25, 0.3) is 5.91 Å². The molecule has 0 bridgehead atoms. The Hall–Kier alpha value is -1.50. The Bertz CT molecular complexity index is 732. The van der Waals surface area contributed by atoms with Gasteiger partial charge in [0.2, 0.25) is 0 Å². The molecule has 0 saturated carbocycles. The van der Waals surface area contributed by atoms with Crippen LogP contribution in [0.1, 0.15) is 29.1 Å². The Kier molecular flexibility index (Phi) is 6.71. The van der Waals surface area contributed by atoms with Gasteiger partial charge in [-0.25, -0.2) is 0 Å². The van der Waals surface area contributed by atoms with Gasteiger partial charge in [0, 0.05) is 16.3 Å². The first-order valence-electron chi connectivity index (χ1n) is 7.44. The van der Waals surface area contributed by atoms with Crippen molar-refractivity contribution in [3.8, 4) is 0 Å². The summed E-state index contributed by atoms with van der Waals surface area (Å²) >= 11 is 8.58. The number of halogens is 1. The van der Waals surface area contributed by atoms with Crippen LogP contribution in [-0.4, -0.2) is 33.7 Å². The lowest BCUT2D eigenvalue weighted by Gasteiger charge is -2.22. The van der Waals surface area contributed by atoms with Gasteiger partial charge in [0.1, 0.15) is 5.25 Å². The largest absolute Gasteiger partial charge is 0.480 e. The minimum Gasteiger partial charge on any atom is -0.480 e. The van der Waals surface area contributed by atoms with Crippen LogP contribution in [0.25, 0.3) is 0 Å². The quantitative estimate of drug-likeness (QED) is 0.708. The van der Waals surface area contributed by atoms with E-state index in [-0.39, 0.29) is 5.91 Å². The number of nitrogens with zero attached hydrogens (tertiary/aromatic N) is 1. The summed E-state index contributed by atoms with van der Waals surface area (Å²) in [5.41, 5.74) is 0.528. The number of rotatable bonds is 7. The maximum Gasteiger partial charge on any atom is 0.316 e. The molecule has 1 atom stereocenters. The number of benzene rings is 1. The average molecular weight is 384 g/mol. The monoisotopic (exact) mass is 383 g/mol. The van der Waals surface area contributed by atoms with E-state index in [4.69, 9.17) is 16.7 Å². The summed E-state index contributed by atoms with van der Waals surface area (Å²) in [5.74, 6) is -1.01. The third-order valence-electron chi connectivity index (χ3n) is 3.41. The highest BCUT2D eigenvalue weighted by atomic mass is 35.5. The Morgan fingerprint density at radius 1 is 1.29 bits per heavy atom. The highest BCUT2D eigenvalue weighted by Crippen LogP contribution is 2.29. The Morgan fingerprint density at radius 3 is 2.58 bits per heavy atom. The molecule has 0 aliphatic heterocycles. The summed E-state index contributed by atoms with van der Waals surface area (Å²) in [6.45, 7) is 4.57. The summed E-state index contributed by atoms with van der Waals surface area (Å²) in [5, 5.41) is 8.48. The third-order valence-corrected chi connectivity index (χ3v) is 5.79. The minimum absolute atomic E-state index is 0.109. The van der Waals surface area contributed by atoms with E-state index in [1.807, 2.05) is 25.1 Å². The van der Waals surface area contributed by atoms with Crippen molar-refractivity contribution in [3.63, 3.8) is 0 Å². The van der Waals surface area contributed by atoms with Gasteiger partial charge in [-0.2, -0.15) is 0 Å². The van der Waals surface area contributed by atoms with E-state index in [0.29, 0.717) is 27.9 Å². The van der Waals surface area contributed by atoms with Crippen LogP contribution in [0.15, 0.2) is 41.3 Å². The van der Waals surface area contributed by atoms with Crippen molar-refractivity contribution >= 4 is 46.6 Å². The normalized spacial score (nSPS) is 12.0. The Morgan fingerprint density at radius 2 is 2.00 bits per heavy atom. The van der Waals surface area contributed by atoms with Gasteiger partial charge in [-0.1, -0.05) is 23.7 Å². The predicted octanol–water partition coefficient (Wildman–Crippen LogP) is 4.63. The van der Waals surface area contributed by atoms with E-state index >= 15 is 0 Å². The van der Waals surface area contributed by atoms with E-state index in [0.717, 1.165) is 4.88 Å². The second-order valence-corrected chi connectivity index (χ2v) is 8.30. The lowest BCUT2D eigenvalue weighted by molar-refractivity contribution is -0.136. The van der Waals surface area contributed by atoms with Crippen molar-refractivity contribution in [1.82, 2.24) is 4.90 Å². The van der Waals surface area contributed by atoms with Crippen molar-refractivity contribution in [2.75, 3.05) is 6.54 Å². The van der Waals surface area contributed by atoms with E-state index in [1.165, 1.54) is 23.1 Å². The van der Waals surface area contributed by atoms with E-state index < -0.39 is 11.2 Å². The smallest absolute Gasteiger partial charge is 0.316 e. The molecule has 1 amide bonds. The van der Waals surface area contributed by atoms with Gasteiger partial charge in [-0.05, 0) is 38.1 Å². The number of carbonyl (C=O) groups excluding carboxylic acids is 1. The molecule has 24 heavy (non-hydrogen) atoms. The maximum atomic E-state index is 12.9. The second kappa shape index (κ2) is 8.55. The van der Waals surface area contributed by atoms with Crippen LogP contribution in [0.3, 0.4) is 0 Å². The summed E-state index contributed by atoms with van der Waals surface area (Å²) in [6, 6.07) is 10.9. The van der Waals surface area contributed by atoms with Crippen molar-refractivity contribution in [3.05, 3.63) is 51.2 Å². The standard InChI is InChI=1S/C17H18ClNO3S2/c1-3-19(10-12-8-9-15(18)24-12)16(20)13-6-4-5-7-14(13)23-11(2)17(21)22/h4-9,11H,3,10H2,1-2H3,(H,21,22). The van der Waals surface area contributed by atoms with Crippen molar-refractivity contribution in [2.45, 2.75) is 30.5 Å². The minimum atomic E-state index is -0.900. The summed E-state index contributed by atoms with van der Waals surface area (Å²) in [4.78, 5) is 27.4. The molecule has 0 radical (unpaired) electrons. The number of carbonyl (C=O) groups is 2. The molecule has 1 heterocycles. The highest BCUT2D eigenvalue weighted by Gasteiger charge is 2.21. The van der Waals surface area contributed by atoms with Crippen LogP contribution in [-0.2, 0) is 11.3 Å². The van der Waals surface area contributed by atoms with E-state index in [1.54, 1.807) is 30.0 Å². The van der Waals surface area contributed by atoms with Gasteiger partial charge in [-0.15, -0.1) is 23.1 Å². The van der Waals surface area contributed by atoms with Gasteiger partial charge < -0.3 is 10.0 Å². The first-order chi connectivity index (χ1) is 11.4. The summed E-state index contributed by atoms with van der Waals surface area (Å²) in [6.07, 6.45) is 0. The zero-order chi connectivity index (χ0) is 17.7. The Labute approximate surface area is 154 Å². The van der Waals surface area contributed by atoms with Gasteiger partial charge >= 0.3 is 5.97 Å². The molecular weight excluding hydrogens is 366 g/mol. The molecule has 1 N–H and O–H groups in total. The van der Waals surface area contributed by atoms with Crippen LogP contribution in [0, 0.1) is 0 Å². The molecule has 0 saturated heterocycles. The first-order valence-corrected chi connectivity index (χ1v) is 9.51. The van der Waals surface area contributed by atoms with Crippen LogP contribution in [0.4, 0.5) is 0 Å². The number of carboxylic acids is 1. The number of hydrogen-bond acceptors (Lipinski definition) is 4. The molecular formula is C17H18ClNO3S2. The number of aliphatic carboxylic acids is 1. The van der Waals surface area contributed by atoms with Crippen LogP contribution in [0.2, 0.25) is 4.34 Å². The zero-order valence-corrected chi connectivity index (χ0v) is 15.7. The van der Waals surface area contributed by atoms with Gasteiger partial charge in [0.15, 0.2) is 0 Å². The summed E-state index contributed by atoms with van der Waals surface area (Å²) in [7, 11) is 0. The number of thiophene rings is 1. The van der Waals surface area contributed by atoms with Gasteiger partial charge in [-0.3, -0.25) is 9.59 Å². The van der Waals surface area contributed by atoms with Gasteiger partial charge in [0.05, 0.1) is 16.4 Å². The maximum absolute atomic E-state index is 12.9. The molecule has 7 heteroatoms.